The van der Waals surface area contributed by atoms with Crippen molar-refractivity contribution in [2.75, 3.05) is 6.54 Å². The molecule has 18 heavy (non-hydrogen) atoms. The molecule has 0 amide bonds. The van der Waals surface area contributed by atoms with Gasteiger partial charge in [0.25, 0.3) is 0 Å². The van der Waals surface area contributed by atoms with Crippen LogP contribution in [0.3, 0.4) is 0 Å². The summed E-state index contributed by atoms with van der Waals surface area (Å²) in [7, 11) is 1.93. The Kier molecular flexibility index (Phi) is 4.08. The normalized spacial score (nSPS) is 12.7. The Balaban J connectivity index is 2.46. The van der Waals surface area contributed by atoms with Crippen molar-refractivity contribution in [3.63, 3.8) is 0 Å². The maximum absolute atomic E-state index is 4.49. The highest BCUT2D eigenvalue weighted by Gasteiger charge is 2.21. The van der Waals surface area contributed by atoms with Crippen molar-refractivity contribution in [2.45, 2.75) is 19.9 Å². The van der Waals surface area contributed by atoms with Gasteiger partial charge in [-0.1, -0.05) is 6.92 Å². The molecule has 1 N–H and O–H groups in total. The predicted octanol–water partition coefficient (Wildman–Crippen LogP) is 1.98. The fraction of sp³-hybridized carbons (Fsp3) is 0.417. The van der Waals surface area contributed by atoms with Crippen molar-refractivity contribution in [1.29, 1.82) is 0 Å². The Hall–Kier alpha value is -1.27. The van der Waals surface area contributed by atoms with Gasteiger partial charge in [0, 0.05) is 13.2 Å². The summed E-state index contributed by atoms with van der Waals surface area (Å²) in [4.78, 5) is 8.63. The van der Waals surface area contributed by atoms with Crippen LogP contribution in [-0.2, 0) is 7.05 Å². The first-order chi connectivity index (χ1) is 8.63. The highest BCUT2D eigenvalue weighted by Crippen LogP contribution is 2.26. The van der Waals surface area contributed by atoms with E-state index in [4.69, 9.17) is 0 Å². The molecule has 5 nitrogen and oxygen atoms in total. The zero-order valence-corrected chi connectivity index (χ0v) is 12.3. The van der Waals surface area contributed by atoms with Crippen molar-refractivity contribution >= 4 is 15.9 Å². The second-order valence-corrected chi connectivity index (χ2v) is 4.88. The lowest BCUT2D eigenvalue weighted by molar-refractivity contribution is 0.557. The van der Waals surface area contributed by atoms with E-state index in [-0.39, 0.29) is 6.04 Å². The molecule has 2 heterocycles. The number of halogens is 1. The predicted molar refractivity (Wildman–Crippen MR) is 73.2 cm³/mol. The van der Waals surface area contributed by atoms with Crippen LogP contribution in [0, 0.1) is 6.92 Å². The van der Waals surface area contributed by atoms with Crippen LogP contribution in [0.5, 0.6) is 0 Å². The Morgan fingerprint density at radius 1 is 1.50 bits per heavy atom. The largest absolute Gasteiger partial charge is 0.304 e. The zero-order valence-electron chi connectivity index (χ0n) is 10.7. The number of hydrogen-bond acceptors (Lipinski definition) is 4. The molecule has 0 saturated heterocycles. The summed E-state index contributed by atoms with van der Waals surface area (Å²) in [6.45, 7) is 4.82. The topological polar surface area (TPSA) is 55.6 Å². The van der Waals surface area contributed by atoms with Gasteiger partial charge in [0.05, 0.1) is 28.1 Å². The SMILES string of the molecule is CCNC(c1ccnc(C)n1)c1c(Br)cnn1C. The van der Waals surface area contributed by atoms with Crippen molar-refractivity contribution in [1.82, 2.24) is 25.1 Å². The maximum atomic E-state index is 4.49. The third-order valence-corrected chi connectivity index (χ3v) is 3.32. The Morgan fingerprint density at radius 2 is 2.28 bits per heavy atom. The highest BCUT2D eigenvalue weighted by atomic mass is 79.9. The van der Waals surface area contributed by atoms with Gasteiger partial charge in [0.2, 0.25) is 0 Å². The average Bonchev–Trinajstić information content (AvgIpc) is 2.67. The van der Waals surface area contributed by atoms with E-state index < -0.39 is 0 Å². The molecule has 2 aromatic rings. The molecule has 1 atom stereocenters. The lowest BCUT2D eigenvalue weighted by atomic mass is 10.1. The summed E-state index contributed by atoms with van der Waals surface area (Å²) < 4.78 is 2.83. The minimum Gasteiger partial charge on any atom is -0.304 e. The summed E-state index contributed by atoms with van der Waals surface area (Å²) in [5.74, 6) is 0.772. The molecule has 0 aliphatic rings. The Labute approximate surface area is 115 Å². The molecule has 0 saturated carbocycles. The fourth-order valence-electron chi connectivity index (χ4n) is 1.93. The molecule has 0 fully saturated rings. The molecule has 0 aliphatic carbocycles. The lowest BCUT2D eigenvalue weighted by Gasteiger charge is -2.18. The van der Waals surface area contributed by atoms with Gasteiger partial charge in [-0.15, -0.1) is 0 Å². The fourth-order valence-corrected chi connectivity index (χ4v) is 2.50. The van der Waals surface area contributed by atoms with Crippen molar-refractivity contribution in [3.8, 4) is 0 Å². The van der Waals surface area contributed by atoms with Gasteiger partial charge in [-0.3, -0.25) is 4.68 Å². The number of nitrogens with one attached hydrogen (secondary N) is 1. The van der Waals surface area contributed by atoms with Gasteiger partial charge >= 0.3 is 0 Å². The average molecular weight is 310 g/mol. The standard InChI is InChI=1S/C12H16BrN5/c1-4-14-11(10-5-6-15-8(2)17-10)12-9(13)7-16-18(12)3/h5-7,11,14H,4H2,1-3H3. The summed E-state index contributed by atoms with van der Waals surface area (Å²) in [6, 6.07) is 1.94. The highest BCUT2D eigenvalue weighted by molar-refractivity contribution is 9.10. The molecule has 0 spiro atoms. The van der Waals surface area contributed by atoms with Gasteiger partial charge < -0.3 is 5.32 Å². The van der Waals surface area contributed by atoms with Gasteiger partial charge in [0.1, 0.15) is 5.82 Å². The van der Waals surface area contributed by atoms with E-state index in [0.29, 0.717) is 0 Å². The van der Waals surface area contributed by atoms with E-state index in [1.807, 2.05) is 24.7 Å². The number of rotatable bonds is 4. The monoisotopic (exact) mass is 309 g/mol. The molecule has 6 heteroatoms. The van der Waals surface area contributed by atoms with E-state index in [0.717, 1.165) is 28.2 Å². The van der Waals surface area contributed by atoms with E-state index >= 15 is 0 Å². The lowest BCUT2D eigenvalue weighted by Crippen LogP contribution is -2.25. The van der Waals surface area contributed by atoms with Crippen molar-refractivity contribution < 1.29 is 0 Å². The van der Waals surface area contributed by atoms with Crippen molar-refractivity contribution in [3.05, 3.63) is 40.1 Å². The van der Waals surface area contributed by atoms with E-state index in [1.54, 1.807) is 12.4 Å². The second-order valence-electron chi connectivity index (χ2n) is 4.02. The molecule has 2 aromatic heterocycles. The third-order valence-electron chi connectivity index (χ3n) is 2.71. The smallest absolute Gasteiger partial charge is 0.125 e. The minimum absolute atomic E-state index is 0.0126. The molecule has 0 aromatic carbocycles. The molecular formula is C12H16BrN5. The first-order valence-corrected chi connectivity index (χ1v) is 6.63. The van der Waals surface area contributed by atoms with Crippen LogP contribution in [0.25, 0.3) is 0 Å². The first kappa shape index (κ1) is 13.2. The summed E-state index contributed by atoms with van der Waals surface area (Å²) in [6.07, 6.45) is 3.58. The molecule has 0 bridgehead atoms. The number of aryl methyl sites for hydroxylation is 2. The summed E-state index contributed by atoms with van der Waals surface area (Å²) in [5, 5.41) is 7.68. The van der Waals surface area contributed by atoms with Crippen LogP contribution in [-0.4, -0.2) is 26.3 Å². The van der Waals surface area contributed by atoms with E-state index in [9.17, 15) is 0 Å². The molecule has 2 rings (SSSR count). The van der Waals surface area contributed by atoms with Crippen LogP contribution in [0.15, 0.2) is 22.9 Å². The van der Waals surface area contributed by atoms with Gasteiger partial charge in [-0.05, 0) is 35.5 Å². The van der Waals surface area contributed by atoms with Gasteiger partial charge in [-0.25, -0.2) is 9.97 Å². The van der Waals surface area contributed by atoms with Crippen LogP contribution in [0.4, 0.5) is 0 Å². The Bertz CT molecular complexity index is 518. The molecular weight excluding hydrogens is 294 g/mol. The number of nitrogens with zero attached hydrogens (tertiary/aromatic N) is 4. The Morgan fingerprint density at radius 3 is 2.83 bits per heavy atom. The van der Waals surface area contributed by atoms with Crippen LogP contribution in [0.2, 0.25) is 0 Å². The van der Waals surface area contributed by atoms with Crippen molar-refractivity contribution in [2.24, 2.45) is 7.05 Å². The zero-order chi connectivity index (χ0) is 13.1. The van der Waals surface area contributed by atoms with E-state index in [2.05, 4.69) is 43.2 Å². The van der Waals surface area contributed by atoms with Crippen LogP contribution >= 0.6 is 15.9 Å². The van der Waals surface area contributed by atoms with Gasteiger partial charge in [-0.2, -0.15) is 5.10 Å². The maximum Gasteiger partial charge on any atom is 0.125 e. The number of aromatic nitrogens is 4. The minimum atomic E-state index is 0.0126. The van der Waals surface area contributed by atoms with Crippen LogP contribution in [0.1, 0.15) is 30.2 Å². The third kappa shape index (κ3) is 2.59. The van der Waals surface area contributed by atoms with E-state index in [1.165, 1.54) is 0 Å². The quantitative estimate of drug-likeness (QED) is 0.938. The van der Waals surface area contributed by atoms with Gasteiger partial charge in [0.15, 0.2) is 0 Å². The number of hydrogen-bond donors (Lipinski definition) is 1. The first-order valence-electron chi connectivity index (χ1n) is 5.83. The molecule has 0 aliphatic heterocycles. The summed E-state index contributed by atoms with van der Waals surface area (Å²) in [5.41, 5.74) is 2.02. The molecule has 96 valence electrons. The molecule has 1 unspecified atom stereocenters. The second kappa shape index (κ2) is 5.58. The van der Waals surface area contributed by atoms with Crippen LogP contribution < -0.4 is 5.32 Å². The summed E-state index contributed by atoms with van der Waals surface area (Å²) >= 11 is 3.54. The molecule has 0 radical (unpaired) electrons.